The number of amides is 2. The van der Waals surface area contributed by atoms with Crippen LogP contribution in [-0.2, 0) is 5.60 Å². The van der Waals surface area contributed by atoms with E-state index in [0.29, 0.717) is 0 Å². The average Bonchev–Trinajstić information content (AvgIpc) is 2.91. The average molecular weight is 535 g/mol. The molecule has 2 N–H and O–H groups in total. The van der Waals surface area contributed by atoms with Gasteiger partial charge in [-0.3, -0.25) is 9.59 Å². The first-order valence-corrected chi connectivity index (χ1v) is 11.7. The third-order valence-electron chi connectivity index (χ3n) is 6.20. The van der Waals surface area contributed by atoms with Crippen LogP contribution in [0.3, 0.4) is 0 Å². The van der Waals surface area contributed by atoms with Crippen molar-refractivity contribution in [3.8, 4) is 5.75 Å². The highest BCUT2D eigenvalue weighted by Gasteiger charge is 2.53. The predicted octanol–water partition coefficient (Wildman–Crippen LogP) is 6.15. The van der Waals surface area contributed by atoms with Crippen molar-refractivity contribution in [1.29, 1.82) is 0 Å². The lowest BCUT2D eigenvalue weighted by atomic mass is 9.87. The van der Waals surface area contributed by atoms with E-state index in [1.807, 2.05) is 0 Å². The van der Waals surface area contributed by atoms with Gasteiger partial charge in [0.2, 0.25) is 0 Å². The van der Waals surface area contributed by atoms with Crippen LogP contribution in [-0.4, -0.2) is 36.5 Å². The molecular formula is C26H22Cl2F2N2O4. The van der Waals surface area contributed by atoms with Crippen molar-refractivity contribution in [2.45, 2.75) is 24.9 Å². The van der Waals surface area contributed by atoms with Crippen molar-refractivity contribution in [3.05, 3.63) is 87.4 Å². The molecule has 0 aromatic heterocycles. The van der Waals surface area contributed by atoms with Crippen LogP contribution >= 0.6 is 23.2 Å². The highest BCUT2D eigenvalue weighted by molar-refractivity contribution is 6.34. The van der Waals surface area contributed by atoms with Gasteiger partial charge < -0.3 is 20.1 Å². The zero-order valence-corrected chi connectivity index (χ0v) is 20.8. The highest BCUT2D eigenvalue weighted by Crippen LogP contribution is 2.47. The van der Waals surface area contributed by atoms with Crippen LogP contribution in [0, 0.1) is 0 Å². The molecule has 1 unspecified atom stereocenters. The smallest absolute Gasteiger partial charge is 0.281 e. The Morgan fingerprint density at radius 2 is 1.81 bits per heavy atom. The summed E-state index contributed by atoms with van der Waals surface area (Å²) in [4.78, 5) is 27.3. The SMILES string of the molecule is COc1cc(C(=O)N2CCC(F)(F)C(C)(O)c3cc(Cl)ccc32)ccc1NC(=O)c1ccccc1Cl. The van der Waals surface area contributed by atoms with Gasteiger partial charge in [0, 0.05) is 29.1 Å². The number of nitrogens with one attached hydrogen (secondary N) is 1. The van der Waals surface area contributed by atoms with Gasteiger partial charge in [-0.25, -0.2) is 8.78 Å². The van der Waals surface area contributed by atoms with Crippen LogP contribution in [0.5, 0.6) is 5.75 Å². The van der Waals surface area contributed by atoms with E-state index in [1.165, 1.54) is 48.4 Å². The van der Waals surface area contributed by atoms with Crippen LogP contribution in [0.15, 0.2) is 60.7 Å². The van der Waals surface area contributed by atoms with Crippen molar-refractivity contribution in [1.82, 2.24) is 0 Å². The normalized spacial score (nSPS) is 18.7. The number of carbonyl (C=O) groups excluding carboxylic acids is 2. The molecule has 0 bridgehead atoms. The van der Waals surface area contributed by atoms with Crippen molar-refractivity contribution in [2.24, 2.45) is 0 Å². The van der Waals surface area contributed by atoms with Crippen LogP contribution in [0.2, 0.25) is 10.0 Å². The molecule has 3 aromatic carbocycles. The van der Waals surface area contributed by atoms with E-state index in [9.17, 15) is 23.5 Å². The molecule has 10 heteroatoms. The molecule has 0 aliphatic carbocycles. The second-order valence-electron chi connectivity index (χ2n) is 8.49. The highest BCUT2D eigenvalue weighted by atomic mass is 35.5. The van der Waals surface area contributed by atoms with E-state index in [1.54, 1.807) is 24.3 Å². The predicted molar refractivity (Wildman–Crippen MR) is 135 cm³/mol. The molecule has 3 aromatic rings. The fourth-order valence-corrected chi connectivity index (χ4v) is 4.47. The third-order valence-corrected chi connectivity index (χ3v) is 6.76. The fourth-order valence-electron chi connectivity index (χ4n) is 4.08. The van der Waals surface area contributed by atoms with E-state index in [-0.39, 0.29) is 50.4 Å². The van der Waals surface area contributed by atoms with Gasteiger partial charge in [0.1, 0.15) is 5.75 Å². The Kier molecular flexibility index (Phi) is 6.96. The lowest BCUT2D eigenvalue weighted by molar-refractivity contribution is -0.177. The monoisotopic (exact) mass is 534 g/mol. The minimum Gasteiger partial charge on any atom is -0.495 e. The fraction of sp³-hybridized carbons (Fsp3) is 0.231. The molecule has 1 atom stereocenters. The summed E-state index contributed by atoms with van der Waals surface area (Å²) in [6, 6.07) is 15.0. The van der Waals surface area contributed by atoms with Gasteiger partial charge in [-0.2, -0.15) is 0 Å². The number of fused-ring (bicyclic) bond motifs is 1. The molecule has 0 saturated heterocycles. The lowest BCUT2D eigenvalue weighted by Crippen LogP contribution is -2.42. The zero-order chi connectivity index (χ0) is 26.3. The molecule has 1 aliphatic rings. The lowest BCUT2D eigenvalue weighted by Gasteiger charge is -2.32. The van der Waals surface area contributed by atoms with E-state index in [2.05, 4.69) is 5.32 Å². The topological polar surface area (TPSA) is 78.9 Å². The summed E-state index contributed by atoms with van der Waals surface area (Å²) in [5, 5.41) is 13.9. The molecule has 1 aliphatic heterocycles. The van der Waals surface area contributed by atoms with Crippen LogP contribution in [0.25, 0.3) is 0 Å². The van der Waals surface area contributed by atoms with Crippen molar-refractivity contribution in [2.75, 3.05) is 23.9 Å². The van der Waals surface area contributed by atoms with Gasteiger partial charge in [-0.15, -0.1) is 0 Å². The molecule has 0 fully saturated rings. The van der Waals surface area contributed by atoms with E-state index >= 15 is 0 Å². The number of halogens is 4. The summed E-state index contributed by atoms with van der Waals surface area (Å²) >= 11 is 12.1. The minimum atomic E-state index is -3.51. The molecular weight excluding hydrogens is 513 g/mol. The molecule has 0 saturated carbocycles. The summed E-state index contributed by atoms with van der Waals surface area (Å²) in [5.74, 6) is -4.38. The van der Waals surface area contributed by atoms with Crippen molar-refractivity contribution < 1.29 is 28.2 Å². The second kappa shape index (κ2) is 9.69. The van der Waals surface area contributed by atoms with Crippen LogP contribution in [0.1, 0.15) is 39.6 Å². The second-order valence-corrected chi connectivity index (χ2v) is 9.34. The number of nitrogens with zero attached hydrogens (tertiary/aromatic N) is 1. The van der Waals surface area contributed by atoms with Gasteiger partial charge in [0.25, 0.3) is 17.7 Å². The Balaban J connectivity index is 1.68. The Morgan fingerprint density at radius 3 is 2.50 bits per heavy atom. The van der Waals surface area contributed by atoms with Gasteiger partial charge in [-0.1, -0.05) is 35.3 Å². The zero-order valence-electron chi connectivity index (χ0n) is 19.3. The summed E-state index contributed by atoms with van der Waals surface area (Å²) in [6.45, 7) is 0.666. The molecule has 2 amide bonds. The molecule has 6 nitrogen and oxygen atoms in total. The number of alkyl halides is 2. The first kappa shape index (κ1) is 25.9. The maximum Gasteiger partial charge on any atom is 0.281 e. The standard InChI is InChI=1S/C26H22Cl2F2N2O4/c1-25(35)18-14-16(27)8-10-21(18)32(12-11-26(25,29)30)24(34)15-7-9-20(22(13-15)36-2)31-23(33)17-5-3-4-6-19(17)28/h3-10,13-14,35H,11-12H2,1-2H3,(H,31,33). The van der Waals surface area contributed by atoms with E-state index < -0.39 is 29.8 Å². The molecule has 0 radical (unpaired) electrons. The third kappa shape index (κ3) is 4.64. The Bertz CT molecular complexity index is 1350. The summed E-state index contributed by atoms with van der Waals surface area (Å²) in [6.07, 6.45) is -0.763. The number of hydrogen-bond acceptors (Lipinski definition) is 4. The summed E-state index contributed by atoms with van der Waals surface area (Å²) in [7, 11) is 1.37. The van der Waals surface area contributed by atoms with E-state index in [0.717, 1.165) is 6.92 Å². The number of benzene rings is 3. The number of ether oxygens (including phenoxy) is 1. The first-order valence-electron chi connectivity index (χ1n) is 10.9. The number of rotatable bonds is 4. The first-order chi connectivity index (χ1) is 17.0. The van der Waals surface area contributed by atoms with Crippen molar-refractivity contribution in [3.63, 3.8) is 0 Å². The van der Waals surface area contributed by atoms with Gasteiger partial charge in [-0.05, 0) is 55.5 Å². The Hall–Kier alpha value is -3.20. The number of aliphatic hydroxyl groups is 1. The summed E-state index contributed by atoms with van der Waals surface area (Å²) in [5.41, 5.74) is -1.88. The van der Waals surface area contributed by atoms with Crippen molar-refractivity contribution >= 4 is 46.4 Å². The van der Waals surface area contributed by atoms with E-state index in [4.69, 9.17) is 27.9 Å². The van der Waals surface area contributed by atoms with Gasteiger partial charge in [0.05, 0.1) is 29.1 Å². The van der Waals surface area contributed by atoms with Crippen LogP contribution in [0.4, 0.5) is 20.2 Å². The quantitative estimate of drug-likeness (QED) is 0.420. The molecule has 36 heavy (non-hydrogen) atoms. The number of anilines is 2. The Morgan fingerprint density at radius 1 is 1.08 bits per heavy atom. The maximum absolute atomic E-state index is 14.9. The van der Waals surface area contributed by atoms with Gasteiger partial charge >= 0.3 is 0 Å². The van der Waals surface area contributed by atoms with Gasteiger partial charge in [0.15, 0.2) is 5.60 Å². The summed E-state index contributed by atoms with van der Waals surface area (Å²) < 4.78 is 35.1. The Labute approximate surface area is 216 Å². The maximum atomic E-state index is 14.9. The molecule has 0 spiro atoms. The largest absolute Gasteiger partial charge is 0.495 e. The number of methoxy groups -OCH3 is 1. The van der Waals surface area contributed by atoms with Crippen LogP contribution < -0.4 is 15.0 Å². The molecule has 4 rings (SSSR count). The minimum absolute atomic E-state index is 0.127. The molecule has 1 heterocycles. The molecule has 188 valence electrons. The number of hydrogen-bond donors (Lipinski definition) is 2. The number of carbonyl (C=O) groups is 2.